The SMILES string of the molecule is O=C(Nc1ccc(-n2cccn2)cc1)c1ccc(-n2ccnc2)cc1. The van der Waals surface area contributed by atoms with Gasteiger partial charge in [0.1, 0.15) is 0 Å². The van der Waals surface area contributed by atoms with Crippen LogP contribution in [0.15, 0.2) is 85.7 Å². The van der Waals surface area contributed by atoms with E-state index >= 15 is 0 Å². The summed E-state index contributed by atoms with van der Waals surface area (Å²) in [5.41, 5.74) is 3.23. The van der Waals surface area contributed by atoms with E-state index < -0.39 is 0 Å². The number of anilines is 1. The maximum Gasteiger partial charge on any atom is 0.255 e. The molecule has 0 aliphatic heterocycles. The van der Waals surface area contributed by atoms with E-state index in [9.17, 15) is 4.79 Å². The number of carbonyl (C=O) groups excluding carboxylic acids is 1. The minimum atomic E-state index is -0.149. The molecule has 4 rings (SSSR count). The van der Waals surface area contributed by atoms with Crippen LogP contribution >= 0.6 is 0 Å². The molecule has 0 aliphatic carbocycles. The molecule has 0 saturated carbocycles. The second kappa shape index (κ2) is 6.45. The Balaban J connectivity index is 1.46. The van der Waals surface area contributed by atoms with Crippen LogP contribution in [0.2, 0.25) is 0 Å². The molecule has 1 N–H and O–H groups in total. The van der Waals surface area contributed by atoms with Crippen LogP contribution in [0, 0.1) is 0 Å². The fourth-order valence-corrected chi connectivity index (χ4v) is 2.52. The van der Waals surface area contributed by atoms with E-state index in [0.29, 0.717) is 5.56 Å². The van der Waals surface area contributed by atoms with Gasteiger partial charge in [-0.2, -0.15) is 5.10 Å². The average molecular weight is 329 g/mol. The summed E-state index contributed by atoms with van der Waals surface area (Å²) >= 11 is 0. The van der Waals surface area contributed by atoms with Crippen molar-refractivity contribution < 1.29 is 4.79 Å². The normalized spacial score (nSPS) is 10.6. The van der Waals surface area contributed by atoms with E-state index in [0.717, 1.165) is 17.1 Å². The van der Waals surface area contributed by atoms with Crippen LogP contribution in [-0.2, 0) is 0 Å². The Morgan fingerprint density at radius 1 is 0.880 bits per heavy atom. The van der Waals surface area contributed by atoms with Gasteiger partial charge in [-0.3, -0.25) is 4.79 Å². The summed E-state index contributed by atoms with van der Waals surface area (Å²) in [6.07, 6.45) is 8.89. The van der Waals surface area contributed by atoms with Crippen LogP contribution in [0.5, 0.6) is 0 Å². The van der Waals surface area contributed by atoms with Gasteiger partial charge in [-0.1, -0.05) is 0 Å². The molecule has 0 spiro atoms. The Morgan fingerprint density at radius 2 is 1.64 bits per heavy atom. The molecule has 122 valence electrons. The van der Waals surface area contributed by atoms with Crippen LogP contribution in [0.3, 0.4) is 0 Å². The van der Waals surface area contributed by atoms with Gasteiger partial charge in [0.25, 0.3) is 5.91 Å². The highest BCUT2D eigenvalue weighted by Crippen LogP contribution is 2.15. The van der Waals surface area contributed by atoms with Crippen LogP contribution in [0.1, 0.15) is 10.4 Å². The number of benzene rings is 2. The van der Waals surface area contributed by atoms with E-state index in [1.807, 2.05) is 59.4 Å². The van der Waals surface area contributed by atoms with E-state index in [2.05, 4.69) is 15.4 Å². The topological polar surface area (TPSA) is 64.7 Å². The van der Waals surface area contributed by atoms with Gasteiger partial charge in [-0.25, -0.2) is 9.67 Å². The lowest BCUT2D eigenvalue weighted by Gasteiger charge is -2.08. The fraction of sp³-hybridized carbons (Fsp3) is 0. The summed E-state index contributed by atoms with van der Waals surface area (Å²) in [6.45, 7) is 0. The molecular weight excluding hydrogens is 314 g/mol. The van der Waals surface area contributed by atoms with Gasteiger partial charge in [0.15, 0.2) is 0 Å². The Kier molecular flexibility index (Phi) is 3.84. The second-order valence-electron chi connectivity index (χ2n) is 5.47. The number of nitrogens with zero attached hydrogens (tertiary/aromatic N) is 4. The Hall–Kier alpha value is -3.67. The number of nitrogens with one attached hydrogen (secondary N) is 1. The van der Waals surface area contributed by atoms with Gasteiger partial charge < -0.3 is 9.88 Å². The lowest BCUT2D eigenvalue weighted by atomic mass is 10.2. The van der Waals surface area contributed by atoms with E-state index in [1.54, 1.807) is 35.5 Å². The molecule has 6 nitrogen and oxygen atoms in total. The van der Waals surface area contributed by atoms with Gasteiger partial charge >= 0.3 is 0 Å². The minimum absolute atomic E-state index is 0.149. The van der Waals surface area contributed by atoms with Crippen LogP contribution in [0.4, 0.5) is 5.69 Å². The smallest absolute Gasteiger partial charge is 0.255 e. The zero-order chi connectivity index (χ0) is 17.1. The number of carbonyl (C=O) groups is 1. The van der Waals surface area contributed by atoms with E-state index in [4.69, 9.17) is 0 Å². The summed E-state index contributed by atoms with van der Waals surface area (Å²) < 4.78 is 3.65. The van der Waals surface area contributed by atoms with Crippen molar-refractivity contribution in [3.63, 3.8) is 0 Å². The second-order valence-corrected chi connectivity index (χ2v) is 5.47. The number of hydrogen-bond acceptors (Lipinski definition) is 3. The number of imidazole rings is 1. The quantitative estimate of drug-likeness (QED) is 0.625. The highest BCUT2D eigenvalue weighted by molar-refractivity contribution is 6.04. The zero-order valence-corrected chi connectivity index (χ0v) is 13.3. The summed E-state index contributed by atoms with van der Waals surface area (Å²) in [5, 5.41) is 7.07. The van der Waals surface area contributed by atoms with E-state index in [1.165, 1.54) is 0 Å². The van der Waals surface area contributed by atoms with Crippen molar-refractivity contribution in [2.45, 2.75) is 0 Å². The summed E-state index contributed by atoms with van der Waals surface area (Å²) in [4.78, 5) is 16.4. The third kappa shape index (κ3) is 3.18. The standard InChI is InChI=1S/C19H15N5O/c25-19(15-2-6-17(7-3-15)23-13-11-20-14-23)22-16-4-8-18(9-5-16)24-12-1-10-21-24/h1-14H,(H,22,25). The molecule has 25 heavy (non-hydrogen) atoms. The largest absolute Gasteiger partial charge is 0.322 e. The molecular formula is C19H15N5O. The van der Waals surface area contributed by atoms with Gasteiger partial charge in [-0.15, -0.1) is 0 Å². The molecule has 0 fully saturated rings. The molecule has 2 heterocycles. The molecule has 1 amide bonds. The monoisotopic (exact) mass is 329 g/mol. The number of aromatic nitrogens is 4. The van der Waals surface area contributed by atoms with Crippen molar-refractivity contribution in [3.05, 3.63) is 91.3 Å². The average Bonchev–Trinajstić information content (AvgIpc) is 3.36. The lowest BCUT2D eigenvalue weighted by molar-refractivity contribution is 0.102. The van der Waals surface area contributed by atoms with Gasteiger partial charge in [0.05, 0.1) is 12.0 Å². The van der Waals surface area contributed by atoms with Crippen molar-refractivity contribution in [1.82, 2.24) is 19.3 Å². The maximum atomic E-state index is 12.4. The molecule has 2 aromatic carbocycles. The first-order chi connectivity index (χ1) is 12.3. The summed E-state index contributed by atoms with van der Waals surface area (Å²) in [5.74, 6) is -0.149. The van der Waals surface area contributed by atoms with Crippen molar-refractivity contribution in [3.8, 4) is 11.4 Å². The lowest BCUT2D eigenvalue weighted by Crippen LogP contribution is -2.12. The summed E-state index contributed by atoms with van der Waals surface area (Å²) in [7, 11) is 0. The first kappa shape index (κ1) is 14.9. The molecule has 0 unspecified atom stereocenters. The highest BCUT2D eigenvalue weighted by Gasteiger charge is 2.07. The van der Waals surface area contributed by atoms with Gasteiger partial charge in [-0.05, 0) is 54.6 Å². The molecule has 0 saturated heterocycles. The molecule has 0 bridgehead atoms. The van der Waals surface area contributed by atoms with Gasteiger partial charge in [0, 0.05) is 41.7 Å². The molecule has 4 aromatic rings. The van der Waals surface area contributed by atoms with Crippen molar-refractivity contribution in [1.29, 1.82) is 0 Å². The fourth-order valence-electron chi connectivity index (χ4n) is 2.52. The van der Waals surface area contributed by atoms with Crippen molar-refractivity contribution in [2.75, 3.05) is 5.32 Å². The molecule has 0 radical (unpaired) electrons. The van der Waals surface area contributed by atoms with Crippen molar-refractivity contribution >= 4 is 11.6 Å². The van der Waals surface area contributed by atoms with Crippen LogP contribution in [-0.4, -0.2) is 25.2 Å². The maximum absolute atomic E-state index is 12.4. The first-order valence-corrected chi connectivity index (χ1v) is 7.79. The van der Waals surface area contributed by atoms with Crippen molar-refractivity contribution in [2.24, 2.45) is 0 Å². The predicted octanol–water partition coefficient (Wildman–Crippen LogP) is 3.31. The number of hydrogen-bond donors (Lipinski definition) is 1. The number of amides is 1. The summed E-state index contributed by atoms with van der Waals surface area (Å²) in [6, 6.07) is 16.8. The van der Waals surface area contributed by atoms with Crippen LogP contribution in [0.25, 0.3) is 11.4 Å². The number of rotatable bonds is 4. The molecule has 0 atom stereocenters. The van der Waals surface area contributed by atoms with Gasteiger partial charge in [0.2, 0.25) is 0 Å². The third-order valence-corrected chi connectivity index (χ3v) is 3.83. The predicted molar refractivity (Wildman–Crippen MR) is 95.1 cm³/mol. The first-order valence-electron chi connectivity index (χ1n) is 7.79. The minimum Gasteiger partial charge on any atom is -0.322 e. The highest BCUT2D eigenvalue weighted by atomic mass is 16.1. The zero-order valence-electron chi connectivity index (χ0n) is 13.3. The molecule has 0 aliphatic rings. The Bertz CT molecular complexity index is 956. The Labute approximate surface area is 144 Å². The third-order valence-electron chi connectivity index (χ3n) is 3.83. The molecule has 6 heteroatoms. The van der Waals surface area contributed by atoms with Crippen LogP contribution < -0.4 is 5.32 Å². The Morgan fingerprint density at radius 3 is 2.28 bits per heavy atom. The molecule has 2 aromatic heterocycles. The van der Waals surface area contributed by atoms with E-state index in [-0.39, 0.29) is 5.91 Å².